The molecule has 0 aliphatic heterocycles. The molecule has 0 fully saturated rings. The Hall–Kier alpha value is -2.58. The molecule has 0 bridgehead atoms. The maximum absolute atomic E-state index is 13.2. The fourth-order valence-electron chi connectivity index (χ4n) is 3.42. The van der Waals surface area contributed by atoms with E-state index in [2.05, 4.69) is 20.9 Å². The van der Waals surface area contributed by atoms with Crippen molar-refractivity contribution in [3.8, 4) is 0 Å². The Bertz CT molecular complexity index is 749. The summed E-state index contributed by atoms with van der Waals surface area (Å²) in [4.78, 5) is 54.2. The number of aliphatic imine (C=N–C) groups is 1. The van der Waals surface area contributed by atoms with Crippen molar-refractivity contribution in [1.29, 1.82) is 0 Å². The number of hydrogen-bond donors (Lipinski definition) is 8. The van der Waals surface area contributed by atoms with E-state index in [1.165, 1.54) is 0 Å². The summed E-state index contributed by atoms with van der Waals surface area (Å²) in [5.74, 6) is -2.20. The third-order valence-corrected chi connectivity index (χ3v) is 6.09. The summed E-state index contributed by atoms with van der Waals surface area (Å²) in [6.07, 6.45) is 4.65. The molecule has 0 saturated carbocycles. The summed E-state index contributed by atoms with van der Waals surface area (Å²) in [7, 11) is 0. The smallest absolute Gasteiger partial charge is 0.326 e. The van der Waals surface area contributed by atoms with Crippen LogP contribution in [0.1, 0.15) is 58.8 Å². The zero-order chi connectivity index (χ0) is 28.4. The van der Waals surface area contributed by atoms with Crippen LogP contribution in [0.2, 0.25) is 0 Å². The lowest BCUT2D eigenvalue weighted by Gasteiger charge is -2.26. The molecule has 0 aromatic carbocycles. The van der Waals surface area contributed by atoms with Gasteiger partial charge in [-0.15, -0.1) is 0 Å². The second-order valence-electron chi connectivity index (χ2n) is 9.27. The van der Waals surface area contributed by atoms with Crippen LogP contribution in [0, 0.1) is 5.92 Å². The molecule has 0 aliphatic carbocycles. The number of thioether (sulfide) groups is 1. The number of amides is 3. The van der Waals surface area contributed by atoms with E-state index in [0.29, 0.717) is 44.4 Å². The summed E-state index contributed by atoms with van der Waals surface area (Å²) >= 11 is 1.56. The maximum atomic E-state index is 13.2. The third kappa shape index (κ3) is 16.0. The molecular formula is C23H46N8O5S. The van der Waals surface area contributed by atoms with Crippen molar-refractivity contribution in [1.82, 2.24) is 16.0 Å². The van der Waals surface area contributed by atoms with Gasteiger partial charge in [-0.3, -0.25) is 19.4 Å². The molecule has 0 radical (unpaired) electrons. The van der Waals surface area contributed by atoms with Crippen molar-refractivity contribution < 1.29 is 24.3 Å². The van der Waals surface area contributed by atoms with Gasteiger partial charge in [-0.25, -0.2) is 4.79 Å². The van der Waals surface area contributed by atoms with Crippen molar-refractivity contribution in [2.45, 2.75) is 83.0 Å². The zero-order valence-corrected chi connectivity index (χ0v) is 23.0. The second kappa shape index (κ2) is 19.5. The first-order valence-corrected chi connectivity index (χ1v) is 14.0. The first-order chi connectivity index (χ1) is 17.4. The highest BCUT2D eigenvalue weighted by Gasteiger charge is 2.30. The number of guanidine groups is 1. The highest BCUT2D eigenvalue weighted by atomic mass is 32.2. The van der Waals surface area contributed by atoms with Crippen molar-refractivity contribution in [3.05, 3.63) is 0 Å². The molecular weight excluding hydrogens is 500 g/mol. The number of carbonyl (C=O) groups is 4. The number of hydrogen-bond acceptors (Lipinski definition) is 8. The summed E-state index contributed by atoms with van der Waals surface area (Å²) in [6.45, 7) is 4.41. The van der Waals surface area contributed by atoms with E-state index < -0.39 is 47.9 Å². The van der Waals surface area contributed by atoms with Crippen LogP contribution in [0.5, 0.6) is 0 Å². The van der Waals surface area contributed by atoms with E-state index in [-0.39, 0.29) is 31.3 Å². The molecule has 14 heteroatoms. The second-order valence-corrected chi connectivity index (χ2v) is 10.3. The first-order valence-electron chi connectivity index (χ1n) is 12.6. The first kappa shape index (κ1) is 34.4. The Kier molecular flexibility index (Phi) is 18.2. The number of rotatable bonds is 20. The molecule has 3 amide bonds. The quantitative estimate of drug-likeness (QED) is 0.0517. The highest BCUT2D eigenvalue weighted by Crippen LogP contribution is 2.09. The normalized spacial score (nSPS) is 14.2. The maximum Gasteiger partial charge on any atom is 0.326 e. The van der Waals surface area contributed by atoms with Gasteiger partial charge in [-0.05, 0) is 69.4 Å². The molecule has 37 heavy (non-hydrogen) atoms. The van der Waals surface area contributed by atoms with E-state index in [4.69, 9.17) is 22.9 Å². The van der Waals surface area contributed by atoms with Gasteiger partial charge in [0.05, 0.1) is 6.04 Å². The molecule has 0 heterocycles. The lowest BCUT2D eigenvalue weighted by molar-refractivity contribution is -0.142. The van der Waals surface area contributed by atoms with Crippen LogP contribution >= 0.6 is 11.8 Å². The van der Waals surface area contributed by atoms with E-state index >= 15 is 0 Å². The van der Waals surface area contributed by atoms with Gasteiger partial charge in [0.15, 0.2) is 5.96 Å². The van der Waals surface area contributed by atoms with Crippen LogP contribution in [0.25, 0.3) is 0 Å². The fourth-order valence-corrected chi connectivity index (χ4v) is 3.91. The molecule has 0 saturated heterocycles. The largest absolute Gasteiger partial charge is 0.480 e. The molecule has 0 aliphatic rings. The Morgan fingerprint density at radius 2 is 1.43 bits per heavy atom. The summed E-state index contributed by atoms with van der Waals surface area (Å²) in [5, 5.41) is 17.4. The molecule has 4 atom stereocenters. The Morgan fingerprint density at radius 3 is 1.97 bits per heavy atom. The van der Waals surface area contributed by atoms with Crippen molar-refractivity contribution in [3.63, 3.8) is 0 Å². The van der Waals surface area contributed by atoms with Crippen molar-refractivity contribution in [2.24, 2.45) is 33.8 Å². The van der Waals surface area contributed by atoms with Crippen LogP contribution in [0.15, 0.2) is 4.99 Å². The van der Waals surface area contributed by atoms with E-state index in [1.807, 2.05) is 20.1 Å². The minimum atomic E-state index is -1.21. The molecule has 0 rings (SSSR count). The van der Waals surface area contributed by atoms with Crippen molar-refractivity contribution in [2.75, 3.05) is 25.1 Å². The van der Waals surface area contributed by atoms with Crippen LogP contribution in [-0.4, -0.2) is 84.0 Å². The number of nitrogens with zero attached hydrogens (tertiary/aromatic N) is 1. The minimum absolute atomic E-state index is 0.0199. The van der Waals surface area contributed by atoms with Crippen LogP contribution in [0.3, 0.4) is 0 Å². The molecule has 13 nitrogen and oxygen atoms in total. The van der Waals surface area contributed by atoms with E-state index in [0.717, 1.165) is 0 Å². The van der Waals surface area contributed by atoms with Gasteiger partial charge in [-0.2, -0.15) is 11.8 Å². The predicted molar refractivity (Wildman–Crippen MR) is 147 cm³/mol. The Balaban J connectivity index is 5.44. The van der Waals surface area contributed by atoms with Gasteiger partial charge in [0.2, 0.25) is 17.7 Å². The Labute approximate surface area is 223 Å². The molecule has 214 valence electrons. The molecule has 0 spiro atoms. The number of carboxylic acid groups (broad SMARTS) is 1. The standard InChI is InChI=1S/C23H46N8O5S/c1-14(2)13-18(21(34)30-17(22(35)36)8-6-11-28-23(26)27)31-20(33)16(7-4-5-10-24)29-19(32)15(25)9-12-37-3/h14-18H,4-13,24-25H2,1-3H3,(H,29,32)(H,30,34)(H,31,33)(H,35,36)(H4,26,27,28). The van der Waals surface area contributed by atoms with Crippen molar-refractivity contribution >= 4 is 41.4 Å². The topological polar surface area (TPSA) is 241 Å². The Morgan fingerprint density at radius 1 is 0.865 bits per heavy atom. The zero-order valence-electron chi connectivity index (χ0n) is 22.2. The monoisotopic (exact) mass is 546 g/mol. The molecule has 0 aromatic rings. The van der Waals surface area contributed by atoms with Crippen LogP contribution < -0.4 is 38.9 Å². The summed E-state index contributed by atoms with van der Waals surface area (Å²) in [6, 6.07) is -3.84. The van der Waals surface area contributed by atoms with Gasteiger partial charge < -0.3 is 44.0 Å². The van der Waals surface area contributed by atoms with Gasteiger partial charge in [0.25, 0.3) is 0 Å². The lowest BCUT2D eigenvalue weighted by atomic mass is 10.0. The number of unbranched alkanes of at least 4 members (excludes halogenated alkanes) is 1. The summed E-state index contributed by atoms with van der Waals surface area (Å²) < 4.78 is 0. The summed E-state index contributed by atoms with van der Waals surface area (Å²) in [5.41, 5.74) is 22.1. The fraction of sp³-hybridized carbons (Fsp3) is 0.783. The number of aliphatic carboxylic acids is 1. The lowest BCUT2D eigenvalue weighted by Crippen LogP contribution is -2.57. The number of nitrogens with one attached hydrogen (secondary N) is 3. The number of nitrogens with two attached hydrogens (primary N) is 4. The van der Waals surface area contributed by atoms with Crippen LogP contribution in [0.4, 0.5) is 0 Å². The molecule has 12 N–H and O–H groups in total. The van der Waals surface area contributed by atoms with Gasteiger partial charge in [0, 0.05) is 6.54 Å². The number of carboxylic acids is 1. The predicted octanol–water partition coefficient (Wildman–Crippen LogP) is -1.17. The van der Waals surface area contributed by atoms with E-state index in [1.54, 1.807) is 11.8 Å². The van der Waals surface area contributed by atoms with Crippen LogP contribution in [-0.2, 0) is 19.2 Å². The highest BCUT2D eigenvalue weighted by molar-refractivity contribution is 7.98. The minimum Gasteiger partial charge on any atom is -0.480 e. The third-order valence-electron chi connectivity index (χ3n) is 5.45. The molecule has 4 unspecified atom stereocenters. The van der Waals surface area contributed by atoms with E-state index in [9.17, 15) is 24.3 Å². The van der Waals surface area contributed by atoms with Gasteiger partial charge >= 0.3 is 5.97 Å². The SMILES string of the molecule is CSCCC(N)C(=O)NC(CCCCN)C(=O)NC(CC(C)C)C(=O)NC(CCCN=C(N)N)C(=O)O. The molecule has 0 aromatic heterocycles. The van der Waals surface area contributed by atoms with Gasteiger partial charge in [-0.1, -0.05) is 13.8 Å². The average Bonchev–Trinajstić information content (AvgIpc) is 2.82. The number of carbonyl (C=O) groups excluding carboxylic acids is 3. The van der Waals surface area contributed by atoms with Gasteiger partial charge in [0.1, 0.15) is 18.1 Å². The average molecular weight is 547 g/mol.